The van der Waals surface area contributed by atoms with Gasteiger partial charge in [0.2, 0.25) is 5.91 Å². The fraction of sp³-hybridized carbons (Fsp3) is 0.889. The van der Waals surface area contributed by atoms with E-state index >= 15 is 0 Å². The molecule has 0 aromatic carbocycles. The molecule has 0 spiro atoms. The highest BCUT2D eigenvalue weighted by atomic mass is 16.3. The molecule has 1 aliphatic rings. The van der Waals surface area contributed by atoms with Crippen molar-refractivity contribution in [3.05, 3.63) is 0 Å². The summed E-state index contributed by atoms with van der Waals surface area (Å²) in [6, 6.07) is -0.934. The van der Waals surface area contributed by atoms with Crippen LogP contribution in [0, 0.1) is 0 Å². The molecule has 0 aromatic heterocycles. The van der Waals surface area contributed by atoms with Gasteiger partial charge in [-0.2, -0.15) is 0 Å². The lowest BCUT2D eigenvalue weighted by atomic mass is 10.1. The number of aliphatic hydroxyl groups excluding tert-OH is 3. The van der Waals surface area contributed by atoms with Gasteiger partial charge in [0.15, 0.2) is 0 Å². The van der Waals surface area contributed by atoms with Crippen LogP contribution in [0.1, 0.15) is 13.3 Å². The number of hydrogen-bond donors (Lipinski definition) is 5. The lowest BCUT2D eigenvalue weighted by Gasteiger charge is -2.16. The molecule has 4 atom stereocenters. The van der Waals surface area contributed by atoms with Crippen LogP contribution in [0.5, 0.6) is 0 Å². The number of rotatable bonds is 4. The van der Waals surface area contributed by atoms with Crippen molar-refractivity contribution in [3.63, 3.8) is 0 Å². The van der Waals surface area contributed by atoms with Crippen molar-refractivity contribution < 1.29 is 20.1 Å². The topological polar surface area (TPSA) is 102 Å². The number of carbonyl (C=O) groups excluding carboxylic acids is 1. The Balaban J connectivity index is 2.40. The van der Waals surface area contributed by atoms with Gasteiger partial charge < -0.3 is 26.0 Å². The first-order valence-corrected chi connectivity index (χ1v) is 5.09. The van der Waals surface area contributed by atoms with Crippen LogP contribution in [0.15, 0.2) is 0 Å². The molecule has 1 aliphatic heterocycles. The Bertz CT molecular complexity index is 224. The van der Waals surface area contributed by atoms with E-state index in [0.29, 0.717) is 6.42 Å². The van der Waals surface area contributed by atoms with E-state index in [2.05, 4.69) is 10.6 Å². The summed E-state index contributed by atoms with van der Waals surface area (Å²) < 4.78 is 0. The summed E-state index contributed by atoms with van der Waals surface area (Å²) in [7, 11) is 0. The summed E-state index contributed by atoms with van der Waals surface area (Å²) in [6.45, 7) is 1.75. The average Bonchev–Trinajstić information content (AvgIpc) is 2.52. The molecule has 88 valence electrons. The van der Waals surface area contributed by atoms with Gasteiger partial charge in [0.1, 0.15) is 0 Å². The lowest BCUT2D eigenvalue weighted by molar-refractivity contribution is -0.120. The van der Waals surface area contributed by atoms with Crippen LogP contribution in [0.4, 0.5) is 0 Å². The highest BCUT2D eigenvalue weighted by Gasteiger charge is 2.40. The highest BCUT2D eigenvalue weighted by molar-refractivity contribution is 5.75. The number of amides is 1. The molecule has 0 saturated carbocycles. The van der Waals surface area contributed by atoms with E-state index in [4.69, 9.17) is 5.11 Å². The Morgan fingerprint density at radius 2 is 1.93 bits per heavy atom. The minimum atomic E-state index is -0.987. The normalized spacial score (nSPS) is 35.5. The summed E-state index contributed by atoms with van der Waals surface area (Å²) >= 11 is 0. The molecule has 6 heteroatoms. The van der Waals surface area contributed by atoms with Crippen LogP contribution in [-0.4, -0.2) is 58.7 Å². The molecule has 1 amide bonds. The van der Waals surface area contributed by atoms with Gasteiger partial charge in [-0.25, -0.2) is 0 Å². The van der Waals surface area contributed by atoms with E-state index < -0.39 is 24.3 Å². The fourth-order valence-corrected chi connectivity index (χ4v) is 1.64. The molecule has 1 saturated heterocycles. The van der Waals surface area contributed by atoms with Crippen LogP contribution >= 0.6 is 0 Å². The van der Waals surface area contributed by atoms with Crippen LogP contribution in [0.25, 0.3) is 0 Å². The second-order valence-corrected chi connectivity index (χ2v) is 3.70. The van der Waals surface area contributed by atoms with Crippen LogP contribution in [0.2, 0.25) is 0 Å². The van der Waals surface area contributed by atoms with Gasteiger partial charge in [0.25, 0.3) is 0 Å². The fourth-order valence-electron chi connectivity index (χ4n) is 1.64. The summed E-state index contributed by atoms with van der Waals surface area (Å²) in [5, 5.41) is 33.4. The second-order valence-electron chi connectivity index (χ2n) is 3.70. The Hall–Kier alpha value is -0.690. The average molecular weight is 218 g/mol. The van der Waals surface area contributed by atoms with Gasteiger partial charge in [-0.1, -0.05) is 6.92 Å². The van der Waals surface area contributed by atoms with E-state index in [0.717, 1.165) is 0 Å². The minimum absolute atomic E-state index is 0.106. The smallest absolute Gasteiger partial charge is 0.219 e. The van der Waals surface area contributed by atoms with Crippen molar-refractivity contribution in [2.45, 2.75) is 37.6 Å². The van der Waals surface area contributed by atoms with Crippen molar-refractivity contribution in [1.29, 1.82) is 0 Å². The Morgan fingerprint density at radius 1 is 1.33 bits per heavy atom. The number of aliphatic hydroxyl groups is 3. The van der Waals surface area contributed by atoms with Gasteiger partial charge in [-0.15, -0.1) is 0 Å². The van der Waals surface area contributed by atoms with Gasteiger partial charge >= 0.3 is 0 Å². The molecule has 1 fully saturated rings. The third-order valence-corrected chi connectivity index (χ3v) is 2.64. The molecule has 0 aliphatic carbocycles. The molecule has 0 bridgehead atoms. The monoisotopic (exact) mass is 218 g/mol. The van der Waals surface area contributed by atoms with Crippen LogP contribution in [-0.2, 0) is 4.79 Å². The molecular formula is C9H18N2O4. The first kappa shape index (κ1) is 12.4. The summed E-state index contributed by atoms with van der Waals surface area (Å²) in [5.41, 5.74) is 0. The highest BCUT2D eigenvalue weighted by Crippen LogP contribution is 2.13. The molecule has 6 nitrogen and oxygen atoms in total. The SMILES string of the molecule is CCC(=O)NC[C@H]1N[C@H](CO)[C@@H](O)[C@@H]1O. The molecule has 0 radical (unpaired) electrons. The maximum absolute atomic E-state index is 11.0. The van der Waals surface area contributed by atoms with Gasteiger partial charge in [0.05, 0.1) is 30.9 Å². The van der Waals surface area contributed by atoms with Crippen LogP contribution < -0.4 is 10.6 Å². The Kier molecular flexibility index (Phi) is 4.46. The third kappa shape index (κ3) is 2.88. The Labute approximate surface area is 88.3 Å². The first-order valence-electron chi connectivity index (χ1n) is 5.09. The van der Waals surface area contributed by atoms with Crippen molar-refractivity contribution in [2.24, 2.45) is 0 Å². The zero-order valence-corrected chi connectivity index (χ0v) is 8.68. The van der Waals surface area contributed by atoms with Crippen molar-refractivity contribution in [2.75, 3.05) is 13.2 Å². The predicted molar refractivity (Wildman–Crippen MR) is 53.1 cm³/mol. The zero-order valence-electron chi connectivity index (χ0n) is 8.68. The van der Waals surface area contributed by atoms with E-state index in [-0.39, 0.29) is 19.1 Å². The summed E-state index contributed by atoms with van der Waals surface area (Å²) in [5.74, 6) is -0.106. The number of carbonyl (C=O) groups is 1. The van der Waals surface area contributed by atoms with Crippen LogP contribution in [0.3, 0.4) is 0 Å². The molecule has 0 aromatic rings. The largest absolute Gasteiger partial charge is 0.395 e. The van der Waals surface area contributed by atoms with Gasteiger partial charge in [-0.3, -0.25) is 4.79 Å². The molecule has 15 heavy (non-hydrogen) atoms. The lowest BCUT2D eigenvalue weighted by Crippen LogP contribution is -2.44. The number of hydrogen-bond acceptors (Lipinski definition) is 5. The standard InChI is InChI=1S/C9H18N2O4/c1-2-7(13)10-3-5-8(14)9(15)6(4-12)11-5/h5-6,8-9,11-12,14-15H,2-4H2,1H3,(H,10,13)/t5-,6-,8-,9-/m1/s1. The molecular weight excluding hydrogens is 200 g/mol. The second kappa shape index (κ2) is 5.41. The van der Waals surface area contributed by atoms with Gasteiger partial charge in [0, 0.05) is 13.0 Å². The molecule has 0 unspecified atom stereocenters. The zero-order chi connectivity index (χ0) is 11.4. The molecule has 1 rings (SSSR count). The van der Waals surface area contributed by atoms with E-state index in [1.54, 1.807) is 6.92 Å². The number of nitrogens with one attached hydrogen (secondary N) is 2. The predicted octanol–water partition coefficient (Wildman–Crippen LogP) is -2.43. The van der Waals surface area contributed by atoms with Crippen molar-refractivity contribution in [1.82, 2.24) is 10.6 Å². The van der Waals surface area contributed by atoms with E-state index in [1.807, 2.05) is 0 Å². The van der Waals surface area contributed by atoms with Crippen molar-refractivity contribution in [3.8, 4) is 0 Å². The van der Waals surface area contributed by atoms with Gasteiger partial charge in [-0.05, 0) is 0 Å². The molecule has 5 N–H and O–H groups in total. The minimum Gasteiger partial charge on any atom is -0.395 e. The molecule has 1 heterocycles. The first-order chi connectivity index (χ1) is 7.10. The van der Waals surface area contributed by atoms with Crippen molar-refractivity contribution >= 4 is 5.91 Å². The summed E-state index contributed by atoms with van der Waals surface area (Å²) in [6.07, 6.45) is -1.56. The van der Waals surface area contributed by atoms with E-state index in [9.17, 15) is 15.0 Å². The summed E-state index contributed by atoms with van der Waals surface area (Å²) in [4.78, 5) is 11.0. The quantitative estimate of drug-likeness (QED) is 0.361. The maximum atomic E-state index is 11.0. The Morgan fingerprint density at radius 3 is 2.40 bits per heavy atom. The van der Waals surface area contributed by atoms with E-state index in [1.165, 1.54) is 0 Å². The maximum Gasteiger partial charge on any atom is 0.219 e. The third-order valence-electron chi connectivity index (χ3n) is 2.64.